The molecule has 0 aliphatic heterocycles. The summed E-state index contributed by atoms with van der Waals surface area (Å²) in [5.41, 5.74) is 1.53. The number of hydrogen-bond acceptors (Lipinski definition) is 5. The van der Waals surface area contributed by atoms with E-state index < -0.39 is 0 Å². The highest BCUT2D eigenvalue weighted by Gasteiger charge is 2.15. The monoisotopic (exact) mass is 385 g/mol. The zero-order valence-electron chi connectivity index (χ0n) is 16.9. The molecule has 28 heavy (non-hydrogen) atoms. The molecule has 2 aromatic rings. The van der Waals surface area contributed by atoms with Gasteiger partial charge in [-0.1, -0.05) is 0 Å². The zero-order chi connectivity index (χ0) is 20.7. The summed E-state index contributed by atoms with van der Waals surface area (Å²) in [6.07, 6.45) is 0. The highest BCUT2D eigenvalue weighted by atomic mass is 16.5. The van der Waals surface area contributed by atoms with Crippen LogP contribution in [0.25, 0.3) is 0 Å². The Morgan fingerprint density at radius 1 is 0.964 bits per heavy atom. The van der Waals surface area contributed by atoms with Crippen LogP contribution in [0, 0.1) is 0 Å². The van der Waals surface area contributed by atoms with Crippen molar-refractivity contribution in [1.29, 1.82) is 0 Å². The van der Waals surface area contributed by atoms with Gasteiger partial charge in [0.15, 0.2) is 0 Å². The van der Waals surface area contributed by atoms with Crippen LogP contribution in [-0.4, -0.2) is 38.1 Å². The van der Waals surface area contributed by atoms with Gasteiger partial charge >= 0.3 is 0 Å². The molecule has 7 heteroatoms. The highest BCUT2D eigenvalue weighted by Crippen LogP contribution is 2.28. The maximum absolute atomic E-state index is 12.3. The second kappa shape index (κ2) is 9.12. The van der Waals surface area contributed by atoms with Crippen molar-refractivity contribution in [2.24, 2.45) is 0 Å². The van der Waals surface area contributed by atoms with Crippen LogP contribution in [0.5, 0.6) is 11.5 Å². The summed E-state index contributed by atoms with van der Waals surface area (Å²) in [4.78, 5) is 24.4. The van der Waals surface area contributed by atoms with E-state index in [1.165, 1.54) is 7.11 Å². The summed E-state index contributed by atoms with van der Waals surface area (Å²) in [6, 6.07) is 12.1. The molecule has 0 aliphatic carbocycles. The molecule has 150 valence electrons. The van der Waals surface area contributed by atoms with Gasteiger partial charge in [-0.25, -0.2) is 0 Å². The number of benzene rings is 2. The van der Waals surface area contributed by atoms with E-state index in [1.807, 2.05) is 20.8 Å². The molecule has 3 N–H and O–H groups in total. The quantitative estimate of drug-likeness (QED) is 0.681. The van der Waals surface area contributed by atoms with Gasteiger partial charge in [0.2, 0.25) is 5.91 Å². The average Bonchev–Trinajstić information content (AvgIpc) is 2.65. The van der Waals surface area contributed by atoms with Crippen molar-refractivity contribution in [2.75, 3.05) is 31.4 Å². The van der Waals surface area contributed by atoms with E-state index in [4.69, 9.17) is 9.47 Å². The molecule has 2 aromatic carbocycles. The molecule has 0 radical (unpaired) electrons. The van der Waals surface area contributed by atoms with Crippen LogP contribution in [0.15, 0.2) is 42.5 Å². The van der Waals surface area contributed by atoms with E-state index in [0.717, 1.165) is 5.69 Å². The van der Waals surface area contributed by atoms with Crippen molar-refractivity contribution >= 4 is 23.2 Å². The molecule has 0 saturated heterocycles. The lowest BCUT2D eigenvalue weighted by molar-refractivity contribution is -0.114. The maximum Gasteiger partial charge on any atom is 0.251 e. The number of carbonyl (C=O) groups is 2. The highest BCUT2D eigenvalue weighted by molar-refractivity contribution is 5.96. The van der Waals surface area contributed by atoms with Crippen LogP contribution in [0.2, 0.25) is 0 Å². The van der Waals surface area contributed by atoms with E-state index in [0.29, 0.717) is 22.7 Å². The van der Waals surface area contributed by atoms with Crippen molar-refractivity contribution in [3.05, 3.63) is 48.0 Å². The molecule has 0 heterocycles. The first-order chi connectivity index (χ1) is 13.2. The number of carbonyl (C=O) groups excluding carboxylic acids is 2. The Morgan fingerprint density at radius 3 is 2.21 bits per heavy atom. The van der Waals surface area contributed by atoms with E-state index in [1.54, 1.807) is 49.6 Å². The molecular formula is C21H27N3O4. The Hall–Kier alpha value is -3.22. The van der Waals surface area contributed by atoms with Crippen LogP contribution in [-0.2, 0) is 4.79 Å². The zero-order valence-corrected chi connectivity index (χ0v) is 16.9. The van der Waals surface area contributed by atoms with Gasteiger partial charge in [-0.15, -0.1) is 0 Å². The van der Waals surface area contributed by atoms with Crippen LogP contribution >= 0.6 is 0 Å². The third-order valence-electron chi connectivity index (χ3n) is 3.77. The van der Waals surface area contributed by atoms with Crippen molar-refractivity contribution in [1.82, 2.24) is 5.32 Å². The van der Waals surface area contributed by atoms with Crippen LogP contribution < -0.4 is 25.4 Å². The van der Waals surface area contributed by atoms with Crippen molar-refractivity contribution < 1.29 is 19.1 Å². The normalized spacial score (nSPS) is 10.8. The summed E-state index contributed by atoms with van der Waals surface area (Å²) >= 11 is 0. The first kappa shape index (κ1) is 21.1. The summed E-state index contributed by atoms with van der Waals surface area (Å²) in [6.45, 7) is 5.85. The number of ether oxygens (including phenoxy) is 2. The van der Waals surface area contributed by atoms with E-state index in [-0.39, 0.29) is 23.9 Å². The number of methoxy groups -OCH3 is 2. The predicted octanol–water partition coefficient (Wildman–Crippen LogP) is 3.28. The Labute approximate surface area is 165 Å². The molecule has 2 rings (SSSR count). The predicted molar refractivity (Wildman–Crippen MR) is 110 cm³/mol. The number of rotatable bonds is 7. The summed E-state index contributed by atoms with van der Waals surface area (Å²) in [5.74, 6) is 0.791. The minimum absolute atomic E-state index is 0.0634. The third-order valence-corrected chi connectivity index (χ3v) is 3.77. The SMILES string of the molecule is COc1ccc(OC)c(NC(=O)CNc2ccc(C(=O)NC(C)(C)C)cc2)c1. The molecule has 0 aromatic heterocycles. The van der Waals surface area contributed by atoms with Gasteiger partial charge in [0, 0.05) is 22.9 Å². The second-order valence-corrected chi connectivity index (χ2v) is 7.25. The van der Waals surface area contributed by atoms with Crippen molar-refractivity contribution in [3.8, 4) is 11.5 Å². The fraction of sp³-hybridized carbons (Fsp3) is 0.333. The van der Waals surface area contributed by atoms with Gasteiger partial charge in [-0.05, 0) is 57.2 Å². The molecule has 2 amide bonds. The van der Waals surface area contributed by atoms with E-state index in [2.05, 4.69) is 16.0 Å². The lowest BCUT2D eigenvalue weighted by Crippen LogP contribution is -2.40. The number of hydrogen-bond donors (Lipinski definition) is 3. The summed E-state index contributed by atoms with van der Waals surface area (Å²) in [5, 5.41) is 8.73. The number of anilines is 2. The number of amides is 2. The van der Waals surface area contributed by atoms with E-state index >= 15 is 0 Å². The fourth-order valence-corrected chi connectivity index (χ4v) is 2.44. The van der Waals surface area contributed by atoms with Gasteiger partial charge in [0.05, 0.1) is 26.5 Å². The first-order valence-electron chi connectivity index (χ1n) is 8.90. The standard InChI is InChI=1S/C21H27N3O4/c1-21(2,3)24-20(26)14-6-8-15(9-7-14)22-13-19(25)23-17-12-16(27-4)10-11-18(17)28-5/h6-12,22H,13H2,1-5H3,(H,23,25)(H,24,26). The molecule has 0 aliphatic rings. The molecule has 0 unspecified atom stereocenters. The molecule has 0 saturated carbocycles. The van der Waals surface area contributed by atoms with Crippen LogP contribution in [0.4, 0.5) is 11.4 Å². The molecule has 0 atom stereocenters. The minimum atomic E-state index is -0.298. The minimum Gasteiger partial charge on any atom is -0.497 e. The smallest absolute Gasteiger partial charge is 0.251 e. The molecule has 0 fully saturated rings. The summed E-state index contributed by atoms with van der Waals surface area (Å²) < 4.78 is 10.4. The van der Waals surface area contributed by atoms with Gasteiger partial charge in [0.25, 0.3) is 5.91 Å². The van der Waals surface area contributed by atoms with Gasteiger partial charge in [0.1, 0.15) is 11.5 Å². The molecule has 0 bridgehead atoms. The Bertz CT molecular complexity index is 827. The Balaban J connectivity index is 1.94. The molecular weight excluding hydrogens is 358 g/mol. The van der Waals surface area contributed by atoms with E-state index in [9.17, 15) is 9.59 Å². The lowest BCUT2D eigenvalue weighted by Gasteiger charge is -2.20. The summed E-state index contributed by atoms with van der Waals surface area (Å²) in [7, 11) is 3.09. The van der Waals surface area contributed by atoms with Crippen molar-refractivity contribution in [2.45, 2.75) is 26.3 Å². The third kappa shape index (κ3) is 6.19. The molecule has 0 spiro atoms. The van der Waals surface area contributed by atoms with Gasteiger partial charge < -0.3 is 25.4 Å². The topological polar surface area (TPSA) is 88.7 Å². The second-order valence-electron chi connectivity index (χ2n) is 7.25. The van der Waals surface area contributed by atoms with Crippen LogP contribution in [0.1, 0.15) is 31.1 Å². The lowest BCUT2D eigenvalue weighted by atomic mass is 10.1. The number of nitrogens with one attached hydrogen (secondary N) is 3. The fourth-order valence-electron chi connectivity index (χ4n) is 2.44. The Kier molecular flexibility index (Phi) is 6.87. The van der Waals surface area contributed by atoms with Crippen LogP contribution in [0.3, 0.4) is 0 Å². The van der Waals surface area contributed by atoms with Gasteiger partial charge in [-0.2, -0.15) is 0 Å². The Morgan fingerprint density at radius 2 is 1.64 bits per heavy atom. The van der Waals surface area contributed by atoms with Crippen molar-refractivity contribution in [3.63, 3.8) is 0 Å². The first-order valence-corrected chi connectivity index (χ1v) is 8.90. The average molecular weight is 385 g/mol. The largest absolute Gasteiger partial charge is 0.497 e. The molecule has 7 nitrogen and oxygen atoms in total. The van der Waals surface area contributed by atoms with Gasteiger partial charge in [-0.3, -0.25) is 9.59 Å². The maximum atomic E-state index is 12.3.